The number of hydrogen-bond acceptors (Lipinski definition) is 3. The molecule has 0 atom stereocenters. The Bertz CT molecular complexity index is 67.1. The van der Waals surface area contributed by atoms with E-state index in [2.05, 4.69) is 0 Å². The van der Waals surface area contributed by atoms with Crippen molar-refractivity contribution in [2.45, 2.75) is 12.8 Å². The molecule has 0 heterocycles. The number of hydrogen-bond donors (Lipinski definition) is 1. The summed E-state index contributed by atoms with van der Waals surface area (Å²) in [5, 5.41) is 9.59. The molecule has 2 N–H and O–H groups in total. The first kappa shape index (κ1) is 10.8. The summed E-state index contributed by atoms with van der Waals surface area (Å²) in [6, 6.07) is 0. The summed E-state index contributed by atoms with van der Waals surface area (Å²) in [6.07, 6.45) is 0.596. The van der Waals surface area contributed by atoms with Gasteiger partial charge >= 0.3 is 17.1 Å². The van der Waals surface area contributed by atoms with Crippen LogP contribution in [0.15, 0.2) is 0 Å². The fraction of sp³-hybridized carbons (Fsp3) is 0.750. The predicted molar refractivity (Wildman–Crippen MR) is 23.3 cm³/mol. The number of nitrogens with two attached hydrogens (primary N) is 1. The number of carboxylic acid groups (broad SMARTS) is 1. The summed E-state index contributed by atoms with van der Waals surface area (Å²) in [7, 11) is 0. The van der Waals surface area contributed by atoms with Crippen LogP contribution < -0.4 is 10.8 Å². The van der Waals surface area contributed by atoms with Crippen LogP contribution in [-0.4, -0.2) is 12.5 Å². The van der Waals surface area contributed by atoms with Crippen molar-refractivity contribution in [2.75, 3.05) is 6.54 Å². The van der Waals surface area contributed by atoms with E-state index in [1.165, 1.54) is 0 Å². The van der Waals surface area contributed by atoms with Gasteiger partial charge in [0.2, 0.25) is 0 Å². The van der Waals surface area contributed by atoms with Crippen molar-refractivity contribution in [3.8, 4) is 0 Å². The Hall–Kier alpha value is -0.0505. The van der Waals surface area contributed by atoms with Gasteiger partial charge in [0.05, 0.1) is 0 Å². The van der Waals surface area contributed by atoms with Gasteiger partial charge in [0.1, 0.15) is 0 Å². The van der Waals surface area contributed by atoms with E-state index in [1.807, 2.05) is 0 Å². The molecule has 0 aliphatic rings. The topological polar surface area (TPSA) is 66.2 Å². The largest absolute Gasteiger partial charge is 1.00 e. The van der Waals surface area contributed by atoms with Crippen molar-refractivity contribution in [1.82, 2.24) is 0 Å². The number of aliphatic carboxylic acids is 1. The summed E-state index contributed by atoms with van der Waals surface area (Å²) < 4.78 is 0. The van der Waals surface area contributed by atoms with Crippen molar-refractivity contribution < 1.29 is 27.0 Å². The van der Waals surface area contributed by atoms with Gasteiger partial charge in [-0.05, 0) is 19.4 Å². The van der Waals surface area contributed by atoms with Gasteiger partial charge in [0.15, 0.2) is 0 Å². The molecule has 0 aromatic carbocycles. The molecule has 0 rings (SSSR count). The van der Waals surface area contributed by atoms with Gasteiger partial charge in [0, 0.05) is 5.97 Å². The van der Waals surface area contributed by atoms with Crippen LogP contribution in [0.25, 0.3) is 0 Å². The molecule has 0 aliphatic carbocycles. The number of carboxylic acids is 1. The van der Waals surface area contributed by atoms with Crippen molar-refractivity contribution in [2.24, 2.45) is 5.73 Å². The van der Waals surface area contributed by atoms with Gasteiger partial charge in [-0.2, -0.15) is 0 Å². The van der Waals surface area contributed by atoms with Crippen LogP contribution in [0.4, 0.5) is 0 Å². The average Bonchev–Trinajstić information content (AvgIpc) is 1.61. The van der Waals surface area contributed by atoms with Crippen LogP contribution in [0.5, 0.6) is 0 Å². The second-order valence-corrected chi connectivity index (χ2v) is 1.26. The van der Waals surface area contributed by atoms with Gasteiger partial charge in [0.25, 0.3) is 0 Å². The third kappa shape index (κ3) is 9.34. The Balaban J connectivity index is 0. The summed E-state index contributed by atoms with van der Waals surface area (Å²) >= 11 is 0. The van der Waals surface area contributed by atoms with E-state index in [4.69, 9.17) is 5.73 Å². The monoisotopic (exact) mass is 165 g/mol. The maximum atomic E-state index is 9.59. The number of rotatable bonds is 3. The average molecular weight is 166 g/mol. The van der Waals surface area contributed by atoms with Gasteiger partial charge in [-0.25, -0.2) is 0 Å². The van der Waals surface area contributed by atoms with Crippen LogP contribution in [0.1, 0.15) is 12.8 Å². The first-order valence-electron chi connectivity index (χ1n) is 2.17. The van der Waals surface area contributed by atoms with Crippen LogP contribution in [0, 0.1) is 0 Å². The Labute approximate surface area is 58.7 Å². The molecular weight excluding hydrogens is 158 g/mol. The Morgan fingerprint density at radius 1 is 1.62 bits per heavy atom. The second-order valence-electron chi connectivity index (χ2n) is 1.26. The SMILES string of the molecule is NCCCC(=O)[O-].[Cu+]. The zero-order valence-electron chi connectivity index (χ0n) is 4.32. The normalized spacial score (nSPS) is 7.62. The van der Waals surface area contributed by atoms with Gasteiger partial charge in [-0.1, -0.05) is 0 Å². The zero-order valence-corrected chi connectivity index (χ0v) is 5.26. The smallest absolute Gasteiger partial charge is 0.550 e. The maximum Gasteiger partial charge on any atom is 1.00 e. The van der Waals surface area contributed by atoms with Crippen LogP contribution in [-0.2, 0) is 21.9 Å². The fourth-order valence-corrected chi connectivity index (χ4v) is 0.246. The Morgan fingerprint density at radius 2 is 2.12 bits per heavy atom. The maximum absolute atomic E-state index is 9.59. The molecule has 0 aliphatic heterocycles. The minimum Gasteiger partial charge on any atom is -0.550 e. The molecule has 0 amide bonds. The molecule has 0 saturated heterocycles. The molecule has 0 aromatic rings. The van der Waals surface area contributed by atoms with E-state index in [0.29, 0.717) is 13.0 Å². The Morgan fingerprint density at radius 3 is 2.25 bits per heavy atom. The molecule has 52 valence electrons. The van der Waals surface area contributed by atoms with Crippen LogP contribution in [0.3, 0.4) is 0 Å². The molecule has 0 fully saturated rings. The molecule has 3 nitrogen and oxygen atoms in total. The van der Waals surface area contributed by atoms with Crippen molar-refractivity contribution in [3.05, 3.63) is 0 Å². The quantitative estimate of drug-likeness (QED) is 0.517. The number of carbonyl (C=O) groups is 1. The molecule has 0 saturated carbocycles. The van der Waals surface area contributed by atoms with Crippen LogP contribution in [0.2, 0.25) is 0 Å². The first-order valence-corrected chi connectivity index (χ1v) is 2.17. The standard InChI is InChI=1S/C4H9NO2.Cu/c5-3-1-2-4(6)7;/h1-3,5H2,(H,6,7);/q;+1/p-1. The summed E-state index contributed by atoms with van der Waals surface area (Å²) in [4.78, 5) is 9.59. The molecule has 0 spiro atoms. The van der Waals surface area contributed by atoms with E-state index >= 15 is 0 Å². The molecule has 4 heteroatoms. The zero-order chi connectivity index (χ0) is 5.70. The second kappa shape index (κ2) is 6.95. The molecule has 0 bridgehead atoms. The first-order chi connectivity index (χ1) is 3.27. The summed E-state index contributed by atoms with van der Waals surface area (Å²) in [5.41, 5.74) is 4.99. The van der Waals surface area contributed by atoms with E-state index < -0.39 is 5.97 Å². The van der Waals surface area contributed by atoms with Crippen molar-refractivity contribution in [3.63, 3.8) is 0 Å². The Kier molecular flexibility index (Phi) is 9.42. The minimum atomic E-state index is -1.02. The third-order valence-electron chi connectivity index (χ3n) is 0.585. The molecule has 0 aromatic heterocycles. The summed E-state index contributed by atoms with van der Waals surface area (Å²) in [6.45, 7) is 0.425. The van der Waals surface area contributed by atoms with E-state index in [1.54, 1.807) is 0 Å². The van der Waals surface area contributed by atoms with Gasteiger partial charge in [-0.3, -0.25) is 0 Å². The van der Waals surface area contributed by atoms with Gasteiger partial charge < -0.3 is 15.6 Å². The summed E-state index contributed by atoms with van der Waals surface area (Å²) in [5.74, 6) is -1.02. The molecular formula is C4H8CuNO2. The third-order valence-corrected chi connectivity index (χ3v) is 0.585. The molecule has 0 unspecified atom stereocenters. The fourth-order valence-electron chi connectivity index (χ4n) is 0.246. The van der Waals surface area contributed by atoms with Crippen molar-refractivity contribution in [1.29, 1.82) is 0 Å². The molecule has 8 heavy (non-hydrogen) atoms. The minimum absolute atomic E-state index is 0. The van der Waals surface area contributed by atoms with E-state index in [-0.39, 0.29) is 23.5 Å². The predicted octanol–water partition coefficient (Wildman–Crippen LogP) is -1.53. The van der Waals surface area contributed by atoms with E-state index in [9.17, 15) is 9.90 Å². The van der Waals surface area contributed by atoms with Crippen LogP contribution >= 0.6 is 0 Å². The molecule has 0 radical (unpaired) electrons. The number of carbonyl (C=O) groups excluding carboxylic acids is 1. The van der Waals surface area contributed by atoms with E-state index in [0.717, 1.165) is 0 Å². The van der Waals surface area contributed by atoms with Crippen molar-refractivity contribution >= 4 is 5.97 Å². The van der Waals surface area contributed by atoms with Gasteiger partial charge in [-0.15, -0.1) is 0 Å².